The van der Waals surface area contributed by atoms with Crippen LogP contribution in [0.25, 0.3) is 0 Å². The molecule has 0 aliphatic carbocycles. The predicted molar refractivity (Wildman–Crippen MR) is 111 cm³/mol. The number of hydrogen-bond donors (Lipinski definition) is 2. The number of esters is 2. The minimum absolute atomic E-state index is 0.192. The zero-order chi connectivity index (χ0) is 23.0. The molecule has 0 aliphatic rings. The Hall–Kier alpha value is -3.82. The number of carbonyl (C=O) groups excluding carboxylic acids is 4. The van der Waals surface area contributed by atoms with Gasteiger partial charge < -0.3 is 24.1 Å². The molecule has 0 atom stereocenters. The van der Waals surface area contributed by atoms with Crippen molar-refractivity contribution >= 4 is 29.6 Å². The van der Waals surface area contributed by atoms with Crippen LogP contribution in [0.5, 0.6) is 5.75 Å². The van der Waals surface area contributed by atoms with Gasteiger partial charge in [0.1, 0.15) is 12.3 Å². The summed E-state index contributed by atoms with van der Waals surface area (Å²) >= 11 is 0. The van der Waals surface area contributed by atoms with Gasteiger partial charge in [-0.2, -0.15) is 0 Å². The number of amides is 3. The van der Waals surface area contributed by atoms with E-state index in [2.05, 4.69) is 10.6 Å². The summed E-state index contributed by atoms with van der Waals surface area (Å²) in [5, 5.41) is 4.54. The molecule has 0 aliphatic heterocycles. The largest absolute Gasteiger partial charge is 0.497 e. The van der Waals surface area contributed by atoms with Gasteiger partial charge in [-0.15, -0.1) is 0 Å². The highest BCUT2D eigenvalue weighted by Gasteiger charge is 2.19. The van der Waals surface area contributed by atoms with E-state index in [1.165, 1.54) is 7.11 Å². The van der Waals surface area contributed by atoms with Crippen LogP contribution in [0.3, 0.4) is 0 Å². The van der Waals surface area contributed by atoms with E-state index in [-0.39, 0.29) is 13.2 Å². The Bertz CT molecular complexity index is 964. The first-order valence-electron chi connectivity index (χ1n) is 9.49. The summed E-state index contributed by atoms with van der Waals surface area (Å²) in [7, 11) is 1.52. The van der Waals surface area contributed by atoms with Gasteiger partial charge in [-0.3, -0.25) is 14.9 Å². The van der Waals surface area contributed by atoms with Gasteiger partial charge in [0.25, 0.3) is 5.91 Å². The van der Waals surface area contributed by atoms with Crippen LogP contribution in [0.15, 0.2) is 30.3 Å². The molecule has 166 valence electrons. The molecule has 0 bridgehead atoms. The lowest BCUT2D eigenvalue weighted by Gasteiger charge is -2.10. The summed E-state index contributed by atoms with van der Waals surface area (Å²) in [6, 6.07) is 7.37. The van der Waals surface area contributed by atoms with E-state index in [1.807, 2.05) is 0 Å². The maximum Gasteiger partial charge on any atom is 0.339 e. The van der Waals surface area contributed by atoms with E-state index in [4.69, 9.17) is 14.2 Å². The average Bonchev–Trinajstić information content (AvgIpc) is 3.01. The van der Waals surface area contributed by atoms with E-state index < -0.39 is 30.5 Å². The zero-order valence-electron chi connectivity index (χ0n) is 17.8. The Balaban J connectivity index is 1.83. The quantitative estimate of drug-likeness (QED) is 0.614. The van der Waals surface area contributed by atoms with Crippen LogP contribution >= 0.6 is 0 Å². The maximum absolute atomic E-state index is 12.1. The topological polar surface area (TPSA) is 125 Å². The highest BCUT2D eigenvalue weighted by Crippen LogP contribution is 2.17. The third-order valence-corrected chi connectivity index (χ3v) is 4.32. The van der Waals surface area contributed by atoms with Crippen LogP contribution in [0.4, 0.5) is 10.5 Å². The first-order chi connectivity index (χ1) is 14.7. The lowest BCUT2D eigenvalue weighted by Crippen LogP contribution is -2.37. The number of nitrogens with one attached hydrogen (secondary N) is 2. The molecule has 0 unspecified atom stereocenters. The SMILES string of the molecule is CCOC(=O)c1cc(C)n(CC(=O)OCC(=O)NC(=O)Nc2ccc(OC)cc2)c1C. The number of aryl methyl sites for hydroxylation is 1. The van der Waals surface area contributed by atoms with Crippen LogP contribution < -0.4 is 15.4 Å². The lowest BCUT2D eigenvalue weighted by atomic mass is 10.2. The fourth-order valence-corrected chi connectivity index (χ4v) is 2.78. The van der Waals surface area contributed by atoms with Crippen molar-refractivity contribution in [2.24, 2.45) is 0 Å². The number of aromatic nitrogens is 1. The summed E-state index contributed by atoms with van der Waals surface area (Å²) in [4.78, 5) is 47.8. The van der Waals surface area contributed by atoms with Gasteiger partial charge in [0.05, 0.1) is 19.3 Å². The molecule has 0 saturated carbocycles. The second kappa shape index (κ2) is 10.8. The van der Waals surface area contributed by atoms with Crippen LogP contribution in [0, 0.1) is 13.8 Å². The summed E-state index contributed by atoms with van der Waals surface area (Å²) in [5.41, 5.74) is 2.04. The van der Waals surface area contributed by atoms with E-state index >= 15 is 0 Å². The van der Waals surface area contributed by atoms with Crippen molar-refractivity contribution < 1.29 is 33.4 Å². The molecule has 2 rings (SSSR count). The summed E-state index contributed by atoms with van der Waals surface area (Å²) < 4.78 is 16.5. The highest BCUT2D eigenvalue weighted by atomic mass is 16.5. The number of ether oxygens (including phenoxy) is 3. The fraction of sp³-hybridized carbons (Fsp3) is 0.333. The molecule has 2 N–H and O–H groups in total. The molecule has 1 aromatic carbocycles. The maximum atomic E-state index is 12.1. The fourth-order valence-electron chi connectivity index (χ4n) is 2.78. The molecular formula is C21H25N3O7. The molecule has 10 heteroatoms. The molecule has 0 spiro atoms. The molecule has 2 aromatic rings. The zero-order valence-corrected chi connectivity index (χ0v) is 17.8. The number of imide groups is 1. The number of nitrogens with zero attached hydrogens (tertiary/aromatic N) is 1. The second-order valence-corrected chi connectivity index (χ2v) is 6.48. The Kier molecular flexibility index (Phi) is 8.18. The van der Waals surface area contributed by atoms with E-state index in [0.717, 1.165) is 0 Å². The van der Waals surface area contributed by atoms with Gasteiger partial charge in [0.15, 0.2) is 6.61 Å². The molecule has 10 nitrogen and oxygen atoms in total. The average molecular weight is 431 g/mol. The third kappa shape index (κ3) is 6.59. The van der Waals surface area contributed by atoms with Crippen molar-refractivity contribution in [3.8, 4) is 5.75 Å². The van der Waals surface area contributed by atoms with Crippen LogP contribution in [0.1, 0.15) is 28.7 Å². The normalized spacial score (nSPS) is 10.2. The number of benzene rings is 1. The second-order valence-electron chi connectivity index (χ2n) is 6.48. The van der Waals surface area contributed by atoms with E-state index in [9.17, 15) is 19.2 Å². The predicted octanol–water partition coefficient (Wildman–Crippen LogP) is 2.18. The smallest absolute Gasteiger partial charge is 0.339 e. The van der Waals surface area contributed by atoms with Crippen LogP contribution in [0.2, 0.25) is 0 Å². The van der Waals surface area contributed by atoms with E-state index in [1.54, 1.807) is 55.7 Å². The Labute approximate surface area is 179 Å². The molecule has 0 radical (unpaired) electrons. The molecule has 31 heavy (non-hydrogen) atoms. The number of hydrogen-bond acceptors (Lipinski definition) is 7. The summed E-state index contributed by atoms with van der Waals surface area (Å²) in [6.07, 6.45) is 0. The van der Waals surface area contributed by atoms with Crippen LogP contribution in [-0.2, 0) is 25.6 Å². The van der Waals surface area contributed by atoms with Crippen molar-refractivity contribution in [3.63, 3.8) is 0 Å². The standard InChI is InChI=1S/C21H25N3O7/c1-5-30-20(27)17-10-13(2)24(14(17)3)11-19(26)31-12-18(25)23-21(28)22-15-6-8-16(29-4)9-7-15/h6-10H,5,11-12H2,1-4H3,(H2,22,23,25,28). The minimum Gasteiger partial charge on any atom is -0.497 e. The Morgan fingerprint density at radius 2 is 1.71 bits per heavy atom. The minimum atomic E-state index is -0.785. The summed E-state index contributed by atoms with van der Waals surface area (Å²) in [5.74, 6) is -1.33. The number of anilines is 1. The molecule has 0 saturated heterocycles. The van der Waals surface area contributed by atoms with Gasteiger partial charge in [-0.05, 0) is 51.1 Å². The van der Waals surface area contributed by atoms with Crippen molar-refractivity contribution in [3.05, 3.63) is 47.3 Å². The van der Waals surface area contributed by atoms with Crippen molar-refractivity contribution in [2.45, 2.75) is 27.3 Å². The van der Waals surface area contributed by atoms with Gasteiger partial charge in [0.2, 0.25) is 0 Å². The molecule has 1 heterocycles. The van der Waals surface area contributed by atoms with Crippen molar-refractivity contribution in [1.82, 2.24) is 9.88 Å². The third-order valence-electron chi connectivity index (χ3n) is 4.32. The first-order valence-corrected chi connectivity index (χ1v) is 9.49. The summed E-state index contributed by atoms with van der Waals surface area (Å²) in [6.45, 7) is 4.55. The number of carbonyl (C=O) groups is 4. The lowest BCUT2D eigenvalue weighted by molar-refractivity contribution is -0.148. The Morgan fingerprint density at radius 1 is 1.03 bits per heavy atom. The van der Waals surface area contributed by atoms with E-state index in [0.29, 0.717) is 28.4 Å². The molecule has 0 fully saturated rings. The number of urea groups is 1. The number of rotatable bonds is 8. The van der Waals surface area contributed by atoms with Crippen molar-refractivity contribution in [1.29, 1.82) is 0 Å². The van der Waals surface area contributed by atoms with Crippen LogP contribution in [-0.4, -0.2) is 48.8 Å². The molecule has 1 aromatic heterocycles. The highest BCUT2D eigenvalue weighted by molar-refractivity contribution is 6.01. The monoisotopic (exact) mass is 431 g/mol. The van der Waals surface area contributed by atoms with Gasteiger partial charge >= 0.3 is 18.0 Å². The molecular weight excluding hydrogens is 406 g/mol. The molecule has 3 amide bonds. The number of methoxy groups -OCH3 is 1. The first kappa shape index (κ1) is 23.5. The van der Waals surface area contributed by atoms with Gasteiger partial charge in [0, 0.05) is 17.1 Å². The van der Waals surface area contributed by atoms with Gasteiger partial charge in [-0.25, -0.2) is 9.59 Å². The van der Waals surface area contributed by atoms with Gasteiger partial charge in [-0.1, -0.05) is 0 Å². The van der Waals surface area contributed by atoms with Crippen molar-refractivity contribution in [2.75, 3.05) is 25.6 Å². The Morgan fingerprint density at radius 3 is 2.32 bits per heavy atom.